The van der Waals surface area contributed by atoms with Crippen LogP contribution >= 0.6 is 0 Å². The van der Waals surface area contributed by atoms with Crippen molar-refractivity contribution in [3.05, 3.63) is 10.5 Å². The zero-order valence-electron chi connectivity index (χ0n) is 6.11. The average Bonchev–Trinajstić information content (AvgIpc) is 2.63. The number of aromatic amines is 2. The van der Waals surface area contributed by atoms with Gasteiger partial charge in [-0.05, 0) is 10.3 Å². The van der Waals surface area contributed by atoms with Crippen LogP contribution in [0.4, 0.5) is 0 Å². The molecule has 3 rings (SSSR count). The van der Waals surface area contributed by atoms with Gasteiger partial charge < -0.3 is 0 Å². The van der Waals surface area contributed by atoms with Gasteiger partial charge in [-0.15, -0.1) is 0 Å². The maximum Gasteiger partial charge on any atom is 0.326 e. The van der Waals surface area contributed by atoms with Crippen LogP contribution in [-0.2, 0) is 0 Å². The Morgan fingerprint density at radius 2 is 1.54 bits per heavy atom. The van der Waals surface area contributed by atoms with Crippen molar-refractivity contribution in [1.29, 1.82) is 0 Å². The molecular weight excluding hydrogens is 176 g/mol. The first-order chi connectivity index (χ1) is 6.33. The summed E-state index contributed by atoms with van der Waals surface area (Å²) < 4.78 is 4.40. The molecule has 0 atom stereocenters. The van der Waals surface area contributed by atoms with Crippen LogP contribution in [0.3, 0.4) is 0 Å². The highest BCUT2D eigenvalue weighted by molar-refractivity contribution is 5.76. The van der Waals surface area contributed by atoms with E-state index < -0.39 is 0 Å². The number of nitrogens with one attached hydrogen (secondary N) is 2. The fourth-order valence-corrected chi connectivity index (χ4v) is 1.06. The summed E-state index contributed by atoms with van der Waals surface area (Å²) in [5.41, 5.74) is 0.853. The van der Waals surface area contributed by atoms with E-state index in [9.17, 15) is 4.79 Å². The summed E-state index contributed by atoms with van der Waals surface area (Å²) in [7, 11) is 0. The molecular formula is C5H2N6O2. The van der Waals surface area contributed by atoms with E-state index in [0.29, 0.717) is 11.3 Å². The van der Waals surface area contributed by atoms with Gasteiger partial charge in [-0.2, -0.15) is 0 Å². The zero-order valence-corrected chi connectivity index (χ0v) is 6.11. The van der Waals surface area contributed by atoms with Crippen LogP contribution in [-0.4, -0.2) is 30.2 Å². The predicted molar refractivity (Wildman–Crippen MR) is 39.9 cm³/mol. The van der Waals surface area contributed by atoms with E-state index in [-0.39, 0.29) is 17.0 Å². The number of H-pyrrole nitrogens is 2. The molecule has 13 heavy (non-hydrogen) atoms. The first kappa shape index (κ1) is 6.29. The Morgan fingerprint density at radius 1 is 1.00 bits per heavy atom. The molecule has 0 amide bonds. The standard InChI is InChI=1S/C5H2N6O2/c12-5-8-1-2(9-5)7-4-3(6-1)10-13-11-4/h(H2,6,7,8,9,10,11,12). The summed E-state index contributed by atoms with van der Waals surface area (Å²) in [4.78, 5) is 23.6. The monoisotopic (exact) mass is 178 g/mol. The Labute approximate surface area is 69.0 Å². The molecule has 0 saturated carbocycles. The Hall–Kier alpha value is -2.25. The van der Waals surface area contributed by atoms with E-state index >= 15 is 0 Å². The summed E-state index contributed by atoms with van der Waals surface area (Å²) >= 11 is 0. The molecule has 2 N–H and O–H groups in total. The van der Waals surface area contributed by atoms with E-state index in [1.54, 1.807) is 0 Å². The topological polar surface area (TPSA) is 113 Å². The first-order valence-electron chi connectivity index (χ1n) is 3.41. The van der Waals surface area contributed by atoms with E-state index in [0.717, 1.165) is 0 Å². The lowest BCUT2D eigenvalue weighted by Crippen LogP contribution is -1.99. The molecule has 0 bridgehead atoms. The quantitative estimate of drug-likeness (QED) is 0.465. The molecule has 0 unspecified atom stereocenters. The number of rotatable bonds is 0. The van der Waals surface area contributed by atoms with Crippen LogP contribution in [0.25, 0.3) is 22.6 Å². The van der Waals surface area contributed by atoms with E-state index in [1.165, 1.54) is 0 Å². The SMILES string of the molecule is O=c1[nH]c2nc3nonc3nc2[nH]1. The third-order valence-corrected chi connectivity index (χ3v) is 1.58. The third kappa shape index (κ3) is 0.760. The van der Waals surface area contributed by atoms with Gasteiger partial charge in [0.25, 0.3) is 0 Å². The molecule has 0 aliphatic rings. The van der Waals surface area contributed by atoms with Gasteiger partial charge in [0.15, 0.2) is 11.3 Å². The fourth-order valence-electron chi connectivity index (χ4n) is 1.06. The molecule has 8 nitrogen and oxygen atoms in total. The van der Waals surface area contributed by atoms with Crippen LogP contribution in [0.15, 0.2) is 9.42 Å². The lowest BCUT2D eigenvalue weighted by Gasteiger charge is -1.83. The van der Waals surface area contributed by atoms with Gasteiger partial charge in [0.1, 0.15) is 0 Å². The Bertz CT molecular complexity index is 582. The van der Waals surface area contributed by atoms with Crippen LogP contribution in [0.2, 0.25) is 0 Å². The van der Waals surface area contributed by atoms with Crippen molar-refractivity contribution in [2.24, 2.45) is 0 Å². The molecule has 3 aromatic rings. The van der Waals surface area contributed by atoms with Crippen LogP contribution in [0, 0.1) is 0 Å². The van der Waals surface area contributed by atoms with Gasteiger partial charge in [-0.1, -0.05) is 0 Å². The van der Waals surface area contributed by atoms with Crippen molar-refractivity contribution < 1.29 is 4.63 Å². The highest BCUT2D eigenvalue weighted by atomic mass is 16.6. The number of hydrogen-bond donors (Lipinski definition) is 2. The predicted octanol–water partition coefficient (Wildman–Crippen LogP) is -0.818. The Morgan fingerprint density at radius 3 is 2.08 bits per heavy atom. The molecule has 0 radical (unpaired) electrons. The van der Waals surface area contributed by atoms with Crippen molar-refractivity contribution in [2.75, 3.05) is 0 Å². The van der Waals surface area contributed by atoms with Crippen LogP contribution < -0.4 is 5.69 Å². The summed E-state index contributed by atoms with van der Waals surface area (Å²) in [5.74, 6) is 0. The second-order valence-electron chi connectivity index (χ2n) is 2.41. The summed E-state index contributed by atoms with van der Waals surface area (Å²) in [6.07, 6.45) is 0. The minimum atomic E-state index is -0.361. The van der Waals surface area contributed by atoms with Crippen molar-refractivity contribution >= 4 is 22.6 Å². The van der Waals surface area contributed by atoms with Crippen molar-refractivity contribution in [2.45, 2.75) is 0 Å². The molecule has 0 aliphatic heterocycles. The lowest BCUT2D eigenvalue weighted by atomic mass is 10.6. The summed E-state index contributed by atoms with van der Waals surface area (Å²) in [6, 6.07) is 0. The fraction of sp³-hybridized carbons (Fsp3) is 0. The minimum absolute atomic E-state index is 0.266. The average molecular weight is 178 g/mol. The van der Waals surface area contributed by atoms with Gasteiger partial charge in [-0.3, -0.25) is 9.97 Å². The van der Waals surface area contributed by atoms with E-state index in [2.05, 4.69) is 34.9 Å². The minimum Gasteiger partial charge on any atom is -0.289 e. The molecule has 64 valence electrons. The van der Waals surface area contributed by atoms with E-state index in [1.807, 2.05) is 0 Å². The Balaban J connectivity index is 2.62. The van der Waals surface area contributed by atoms with E-state index in [4.69, 9.17) is 0 Å². The van der Waals surface area contributed by atoms with Gasteiger partial charge >= 0.3 is 5.69 Å². The van der Waals surface area contributed by atoms with Crippen molar-refractivity contribution in [3.63, 3.8) is 0 Å². The summed E-state index contributed by atoms with van der Waals surface area (Å²) in [6.45, 7) is 0. The van der Waals surface area contributed by atoms with Crippen LogP contribution in [0.5, 0.6) is 0 Å². The first-order valence-corrected chi connectivity index (χ1v) is 3.41. The zero-order chi connectivity index (χ0) is 8.84. The maximum atomic E-state index is 10.8. The molecule has 0 aliphatic carbocycles. The third-order valence-electron chi connectivity index (χ3n) is 1.58. The number of hydrogen-bond acceptors (Lipinski definition) is 6. The molecule has 0 saturated heterocycles. The second-order valence-corrected chi connectivity index (χ2v) is 2.41. The van der Waals surface area contributed by atoms with Crippen molar-refractivity contribution in [3.8, 4) is 0 Å². The number of nitrogens with zero attached hydrogens (tertiary/aromatic N) is 4. The molecule has 0 fully saturated rings. The highest BCUT2D eigenvalue weighted by Gasteiger charge is 2.07. The maximum absolute atomic E-state index is 10.8. The second kappa shape index (κ2) is 1.91. The smallest absolute Gasteiger partial charge is 0.289 e. The van der Waals surface area contributed by atoms with Gasteiger partial charge in [0.2, 0.25) is 11.3 Å². The van der Waals surface area contributed by atoms with Gasteiger partial charge in [0.05, 0.1) is 0 Å². The van der Waals surface area contributed by atoms with Gasteiger partial charge in [0, 0.05) is 0 Å². The van der Waals surface area contributed by atoms with Crippen molar-refractivity contribution in [1.82, 2.24) is 30.2 Å². The number of imidazole rings is 1. The normalized spacial score (nSPS) is 11.4. The van der Waals surface area contributed by atoms with Gasteiger partial charge in [-0.25, -0.2) is 19.4 Å². The highest BCUT2D eigenvalue weighted by Crippen LogP contribution is 2.06. The largest absolute Gasteiger partial charge is 0.326 e. The molecule has 0 spiro atoms. The number of fused-ring (bicyclic) bond motifs is 2. The van der Waals surface area contributed by atoms with Crippen LogP contribution in [0.1, 0.15) is 0 Å². The molecule has 3 aromatic heterocycles. The summed E-state index contributed by atoms with van der Waals surface area (Å²) in [5, 5.41) is 6.96. The lowest BCUT2D eigenvalue weighted by molar-refractivity contribution is 0.314. The Kier molecular flexibility index (Phi) is 0.925. The molecule has 0 aromatic carbocycles. The number of aromatic nitrogens is 6. The molecule has 8 heteroatoms. The molecule has 3 heterocycles.